The van der Waals surface area contributed by atoms with Crippen molar-refractivity contribution >= 4 is 114 Å². The molecular weight excluding hydrogens is 1670 g/mol. The quantitative estimate of drug-likeness (QED) is 0.0950. The molecule has 7 heteroatoms. The summed E-state index contributed by atoms with van der Waals surface area (Å²) in [6.07, 6.45) is 0. The molecular formula is C128H99N3O2SSi. The van der Waals surface area contributed by atoms with E-state index in [0.717, 1.165) is 90.8 Å². The van der Waals surface area contributed by atoms with E-state index in [9.17, 15) is 0 Å². The number of benzene rings is 21. The third-order valence-electron chi connectivity index (χ3n) is 27.4. The Kier molecular flexibility index (Phi) is 22.5. The van der Waals surface area contributed by atoms with Gasteiger partial charge in [-0.3, -0.25) is 0 Å². The molecule has 0 spiro atoms. The van der Waals surface area contributed by atoms with Gasteiger partial charge in [-0.15, -0.1) is 0 Å². The van der Waals surface area contributed by atoms with Gasteiger partial charge >= 0.3 is 0 Å². The number of hydrogen-bond acceptors (Lipinski definition) is 6. The van der Waals surface area contributed by atoms with E-state index < -0.39 is 8.07 Å². The molecule has 21 aromatic rings. The van der Waals surface area contributed by atoms with Crippen LogP contribution in [0, 0.1) is 0 Å². The lowest BCUT2D eigenvalue weighted by molar-refractivity contribution is 0.419. The van der Waals surface area contributed by atoms with Crippen LogP contribution in [0.25, 0.3) is 99.1 Å². The Balaban J connectivity index is 0.000000118. The first-order valence-electron chi connectivity index (χ1n) is 46.6. The summed E-state index contributed by atoms with van der Waals surface area (Å²) in [7, 11) is -1.90. The van der Waals surface area contributed by atoms with Crippen LogP contribution >= 0.6 is 11.8 Å². The van der Waals surface area contributed by atoms with Gasteiger partial charge in [0.05, 0.1) is 17.1 Å². The molecule has 0 radical (unpaired) electrons. The maximum absolute atomic E-state index is 6.64. The highest BCUT2D eigenvalue weighted by Crippen LogP contribution is 2.55. The van der Waals surface area contributed by atoms with Gasteiger partial charge < -0.3 is 24.2 Å². The van der Waals surface area contributed by atoms with Crippen LogP contribution < -0.4 is 34.5 Å². The molecule has 21 aromatic carbocycles. The third kappa shape index (κ3) is 16.1. The van der Waals surface area contributed by atoms with Crippen LogP contribution in [0.2, 0.25) is 13.1 Å². The van der Waals surface area contributed by atoms with Crippen LogP contribution in [0.5, 0.6) is 23.0 Å². The van der Waals surface area contributed by atoms with Gasteiger partial charge in [0.15, 0.2) is 0 Å². The van der Waals surface area contributed by atoms with Crippen LogP contribution in [0.15, 0.2) is 501 Å². The maximum atomic E-state index is 6.64. The monoisotopic (exact) mass is 1770 g/mol. The number of anilines is 9. The summed E-state index contributed by atoms with van der Waals surface area (Å²) in [4.78, 5) is 9.81. The van der Waals surface area contributed by atoms with E-state index in [1.54, 1.807) is 0 Å². The molecule has 0 unspecified atom stereocenters. The van der Waals surface area contributed by atoms with E-state index >= 15 is 0 Å². The highest BCUT2D eigenvalue weighted by atomic mass is 32.2. The van der Waals surface area contributed by atoms with Gasteiger partial charge in [0.2, 0.25) is 0 Å². The predicted octanol–water partition coefficient (Wildman–Crippen LogP) is 35.1. The molecule has 3 aliphatic rings. The minimum absolute atomic E-state index is 0.0514. The Bertz CT molecular complexity index is 7180. The molecule has 0 saturated carbocycles. The SMILES string of the molecule is CC1(C)c2ccccc2Oc2c(-c3ccc(N(c4ccc(-c5ccccc5)cc4)c4cccc5ccccc45)cc3)cccc21.CC1(C)c2ccccc2Sc2c(-c3ccc(N(c4ccc(-c5ccccc5)cc4)c4cccc5ccccc45)cc3)cccc21.C[Si]1(C)c2ccccc2Oc2c(-c3ccc(N(c4ccc(-c5ccccc5)cc4)c4cccc5ccccc45)cc3)cccc21. The van der Waals surface area contributed by atoms with Crippen molar-refractivity contribution in [1.82, 2.24) is 0 Å². The normalized spacial score (nSPS) is 13.1. The first kappa shape index (κ1) is 84.5. The molecule has 0 bridgehead atoms. The minimum atomic E-state index is -1.90. The van der Waals surface area contributed by atoms with Gasteiger partial charge in [0.1, 0.15) is 31.1 Å². The van der Waals surface area contributed by atoms with E-state index in [-0.39, 0.29) is 10.8 Å². The third-order valence-corrected chi connectivity index (χ3v) is 32.1. The van der Waals surface area contributed by atoms with Crippen molar-refractivity contribution in [1.29, 1.82) is 0 Å². The lowest BCUT2D eigenvalue weighted by Crippen LogP contribution is -2.56. The molecule has 3 heterocycles. The summed E-state index contributed by atoms with van der Waals surface area (Å²) in [6.45, 7) is 14.1. The van der Waals surface area contributed by atoms with Gasteiger partial charge in [0.25, 0.3) is 0 Å². The smallest absolute Gasteiger partial charge is 0.139 e. The second-order valence-corrected chi connectivity index (χ2v) is 42.0. The van der Waals surface area contributed by atoms with Gasteiger partial charge in [-0.25, -0.2) is 0 Å². The molecule has 135 heavy (non-hydrogen) atoms. The van der Waals surface area contributed by atoms with Crippen molar-refractivity contribution < 1.29 is 9.47 Å². The van der Waals surface area contributed by atoms with Gasteiger partial charge in [-0.2, -0.15) is 0 Å². The lowest BCUT2D eigenvalue weighted by atomic mass is 9.75. The zero-order valence-electron chi connectivity index (χ0n) is 76.3. The fourth-order valence-electron chi connectivity index (χ4n) is 20.2. The molecule has 0 aliphatic carbocycles. The molecule has 0 fully saturated rings. The molecule has 0 amide bonds. The molecule has 0 saturated heterocycles. The minimum Gasteiger partial charge on any atom is -0.457 e. The van der Waals surface area contributed by atoms with Crippen LogP contribution in [-0.2, 0) is 10.8 Å². The van der Waals surface area contributed by atoms with Crippen molar-refractivity contribution in [2.24, 2.45) is 0 Å². The average Bonchev–Trinajstić information content (AvgIpc) is 0.742. The predicted molar refractivity (Wildman–Crippen MR) is 573 cm³/mol. The number of para-hydroxylation sites is 4. The summed E-state index contributed by atoms with van der Waals surface area (Å²) < 4.78 is 13.2. The maximum Gasteiger partial charge on any atom is 0.139 e. The van der Waals surface area contributed by atoms with E-state index in [4.69, 9.17) is 9.47 Å². The van der Waals surface area contributed by atoms with Gasteiger partial charge in [-0.05, 0) is 202 Å². The highest BCUT2D eigenvalue weighted by Gasteiger charge is 2.39. The Labute approximate surface area is 796 Å². The standard InChI is InChI=1S/C43H33NO.C43H33NS.C42H33NOSi/c2*1-43(2)38-18-8-9-21-41(38)45-42-37(17-11-19-39(42)43)33-24-28-35(29-25-33)44(40-20-10-15-32-14-6-7-16-36(32)40)34-26-22-31(23-27-34)30-12-4-3-5-13-30;1-45(2)40-20-9-8-19-39(40)44-42-37(17-11-21-41(42)45)33-24-28-35(29-25-33)43(38-18-10-15-32-14-6-7-16-36(32)38)34-26-22-31(23-27-34)30-12-4-3-5-13-30/h3*3-29H,1-2H3. The molecule has 24 rings (SSSR count). The molecule has 5 nitrogen and oxygen atoms in total. The number of rotatable bonds is 15. The second-order valence-electron chi connectivity index (χ2n) is 36.6. The van der Waals surface area contributed by atoms with Crippen LogP contribution in [0.1, 0.15) is 49.9 Å². The van der Waals surface area contributed by atoms with Crippen molar-refractivity contribution in [2.45, 2.75) is 61.4 Å². The van der Waals surface area contributed by atoms with Crippen LogP contribution in [-0.4, -0.2) is 8.07 Å². The van der Waals surface area contributed by atoms with E-state index in [1.807, 2.05) is 17.8 Å². The first-order chi connectivity index (χ1) is 66.2. The van der Waals surface area contributed by atoms with Crippen molar-refractivity contribution in [3.63, 3.8) is 0 Å². The average molecular weight is 1770 g/mol. The largest absolute Gasteiger partial charge is 0.457 e. The zero-order valence-corrected chi connectivity index (χ0v) is 78.1. The van der Waals surface area contributed by atoms with Crippen molar-refractivity contribution in [3.8, 4) is 89.8 Å². The molecule has 0 atom stereocenters. The fraction of sp³-hybridized carbons (Fsp3) is 0.0625. The Morgan fingerprint density at radius 2 is 0.504 bits per heavy atom. The Morgan fingerprint density at radius 3 is 0.948 bits per heavy atom. The topological polar surface area (TPSA) is 28.2 Å². The van der Waals surface area contributed by atoms with E-state index in [0.29, 0.717) is 0 Å². The summed E-state index contributed by atoms with van der Waals surface area (Å²) in [5.74, 6) is 3.87. The Hall–Kier alpha value is -16.0. The van der Waals surface area contributed by atoms with E-state index in [2.05, 4.69) is 541 Å². The summed E-state index contributed by atoms with van der Waals surface area (Å²) >= 11 is 1.90. The zero-order chi connectivity index (χ0) is 91.1. The first-order valence-corrected chi connectivity index (χ1v) is 50.4. The van der Waals surface area contributed by atoms with Gasteiger partial charge in [0, 0.05) is 93.2 Å². The number of hydrogen-bond donors (Lipinski definition) is 0. The molecule has 648 valence electrons. The number of ether oxygens (including phenoxy) is 2. The second kappa shape index (κ2) is 35.9. The molecule has 0 aromatic heterocycles. The Morgan fingerprint density at radius 1 is 0.215 bits per heavy atom. The molecule has 0 N–H and O–H groups in total. The number of fused-ring (bicyclic) bond motifs is 9. The van der Waals surface area contributed by atoms with Crippen molar-refractivity contribution in [3.05, 3.63) is 514 Å². The van der Waals surface area contributed by atoms with Crippen LogP contribution in [0.3, 0.4) is 0 Å². The summed E-state index contributed by atoms with van der Waals surface area (Å²) in [6, 6.07) is 177. The highest BCUT2D eigenvalue weighted by molar-refractivity contribution is 7.99. The van der Waals surface area contributed by atoms with Crippen molar-refractivity contribution in [2.75, 3.05) is 14.7 Å². The number of nitrogens with zero attached hydrogens (tertiary/aromatic N) is 3. The van der Waals surface area contributed by atoms with Gasteiger partial charge in [-0.1, -0.05) is 435 Å². The summed E-state index contributed by atoms with van der Waals surface area (Å²) in [5.41, 5.74) is 29.5. The lowest BCUT2D eigenvalue weighted by Gasteiger charge is -2.35. The molecule has 3 aliphatic heterocycles. The van der Waals surface area contributed by atoms with Crippen LogP contribution in [0.4, 0.5) is 51.2 Å². The fourth-order valence-corrected chi connectivity index (χ4v) is 24.6. The summed E-state index contributed by atoms with van der Waals surface area (Å²) in [5, 5.41) is 10.0. The van der Waals surface area contributed by atoms with E-state index in [1.165, 1.54) is 125 Å².